The number of carboxylic acids is 1. The number of carboxylic acid groups (broad SMARTS) is 1. The number of hydrogen-bond donors (Lipinski definition) is 2. The fraction of sp³-hybridized carbons (Fsp3) is 0.417. The van der Waals surface area contributed by atoms with Crippen molar-refractivity contribution in [2.45, 2.75) is 13.3 Å². The summed E-state index contributed by atoms with van der Waals surface area (Å²) in [5.41, 5.74) is 0.254. The first kappa shape index (κ1) is 14.1. The lowest BCUT2D eigenvalue weighted by Crippen LogP contribution is -2.32. The second kappa shape index (κ2) is 6.70. The van der Waals surface area contributed by atoms with Crippen molar-refractivity contribution in [1.29, 1.82) is 0 Å². The number of aromatic nitrogens is 1. The normalized spacial score (nSPS) is 10.1. The van der Waals surface area contributed by atoms with Gasteiger partial charge < -0.3 is 15.1 Å². The number of hydrogen-bond acceptors (Lipinski definition) is 4. The standard InChI is InChI=1S/C12H16N2O4/c1-2-14(6-3-7-15)11(16)9-4-5-10(12(17)18)13-8-9/h4-5,8,15H,2-3,6-7H2,1H3,(H,17,18). The number of rotatable bonds is 6. The second-order valence-corrected chi connectivity index (χ2v) is 3.70. The molecule has 2 N–H and O–H groups in total. The minimum atomic E-state index is -1.12. The van der Waals surface area contributed by atoms with E-state index in [0.717, 1.165) is 0 Å². The molecule has 0 unspecified atom stereocenters. The van der Waals surface area contributed by atoms with Crippen LogP contribution in [0.5, 0.6) is 0 Å². The second-order valence-electron chi connectivity index (χ2n) is 3.70. The SMILES string of the molecule is CCN(CCCO)C(=O)c1ccc(C(=O)O)nc1. The lowest BCUT2D eigenvalue weighted by molar-refractivity contribution is 0.0687. The first-order chi connectivity index (χ1) is 8.60. The molecule has 1 rings (SSSR count). The van der Waals surface area contributed by atoms with E-state index in [9.17, 15) is 9.59 Å². The van der Waals surface area contributed by atoms with E-state index in [1.807, 2.05) is 6.92 Å². The number of carbonyl (C=O) groups excluding carboxylic acids is 1. The Morgan fingerprint density at radius 2 is 2.11 bits per heavy atom. The summed E-state index contributed by atoms with van der Waals surface area (Å²) in [6, 6.07) is 2.75. The Kier molecular flexibility index (Phi) is 5.26. The van der Waals surface area contributed by atoms with Crippen LogP contribution in [-0.4, -0.2) is 51.7 Å². The number of nitrogens with zero attached hydrogens (tertiary/aromatic N) is 2. The number of aliphatic hydroxyl groups is 1. The van der Waals surface area contributed by atoms with Crippen LogP contribution in [0.1, 0.15) is 34.2 Å². The number of aromatic carboxylic acids is 1. The van der Waals surface area contributed by atoms with E-state index in [0.29, 0.717) is 25.1 Å². The lowest BCUT2D eigenvalue weighted by atomic mass is 10.2. The Hall–Kier alpha value is -1.95. The fourth-order valence-electron chi connectivity index (χ4n) is 1.49. The van der Waals surface area contributed by atoms with Gasteiger partial charge in [0.2, 0.25) is 0 Å². The summed E-state index contributed by atoms with van der Waals surface area (Å²) >= 11 is 0. The molecule has 98 valence electrons. The van der Waals surface area contributed by atoms with Gasteiger partial charge in [-0.3, -0.25) is 4.79 Å². The van der Waals surface area contributed by atoms with Gasteiger partial charge in [0.05, 0.1) is 5.56 Å². The molecule has 1 aromatic rings. The third-order valence-corrected chi connectivity index (χ3v) is 2.48. The predicted octanol–water partition coefficient (Wildman–Crippen LogP) is 0.624. The summed E-state index contributed by atoms with van der Waals surface area (Å²) < 4.78 is 0. The average Bonchev–Trinajstić information content (AvgIpc) is 2.39. The van der Waals surface area contributed by atoms with Gasteiger partial charge in [0.1, 0.15) is 5.69 Å². The number of aliphatic hydroxyl groups excluding tert-OH is 1. The third kappa shape index (κ3) is 3.53. The monoisotopic (exact) mass is 252 g/mol. The summed E-state index contributed by atoms with van der Waals surface area (Å²) in [5.74, 6) is -1.34. The molecule has 0 saturated carbocycles. The molecule has 18 heavy (non-hydrogen) atoms. The van der Waals surface area contributed by atoms with Crippen LogP contribution in [0.4, 0.5) is 0 Å². The molecule has 1 heterocycles. The quantitative estimate of drug-likeness (QED) is 0.774. The molecule has 6 heteroatoms. The van der Waals surface area contributed by atoms with Crippen molar-refractivity contribution in [1.82, 2.24) is 9.88 Å². The molecular weight excluding hydrogens is 236 g/mol. The maximum absolute atomic E-state index is 12.0. The van der Waals surface area contributed by atoms with E-state index in [1.165, 1.54) is 18.3 Å². The number of amides is 1. The predicted molar refractivity (Wildman–Crippen MR) is 64.5 cm³/mol. The molecule has 0 spiro atoms. The molecule has 0 aromatic carbocycles. The number of carbonyl (C=O) groups is 2. The Morgan fingerprint density at radius 1 is 1.39 bits per heavy atom. The molecule has 0 atom stereocenters. The van der Waals surface area contributed by atoms with Crippen molar-refractivity contribution in [3.63, 3.8) is 0 Å². The van der Waals surface area contributed by atoms with Crippen molar-refractivity contribution in [2.75, 3.05) is 19.7 Å². The van der Waals surface area contributed by atoms with Gasteiger partial charge in [0.25, 0.3) is 5.91 Å². The van der Waals surface area contributed by atoms with E-state index < -0.39 is 5.97 Å². The van der Waals surface area contributed by atoms with Crippen LogP contribution < -0.4 is 0 Å². The van der Waals surface area contributed by atoms with Crippen molar-refractivity contribution < 1.29 is 19.8 Å². The van der Waals surface area contributed by atoms with Crippen LogP contribution in [-0.2, 0) is 0 Å². The maximum Gasteiger partial charge on any atom is 0.354 e. The van der Waals surface area contributed by atoms with Crippen LogP contribution in [0, 0.1) is 0 Å². The minimum absolute atomic E-state index is 0.0278. The van der Waals surface area contributed by atoms with Gasteiger partial charge in [0.15, 0.2) is 0 Å². The molecule has 0 bridgehead atoms. The smallest absolute Gasteiger partial charge is 0.354 e. The lowest BCUT2D eigenvalue weighted by Gasteiger charge is -2.20. The van der Waals surface area contributed by atoms with Crippen molar-refractivity contribution in [2.24, 2.45) is 0 Å². The minimum Gasteiger partial charge on any atom is -0.477 e. The van der Waals surface area contributed by atoms with Gasteiger partial charge in [-0.1, -0.05) is 0 Å². The zero-order valence-electron chi connectivity index (χ0n) is 10.2. The van der Waals surface area contributed by atoms with Crippen LogP contribution >= 0.6 is 0 Å². The zero-order valence-corrected chi connectivity index (χ0v) is 10.2. The summed E-state index contributed by atoms with van der Waals surface area (Å²) in [7, 11) is 0. The Bertz CT molecular complexity index is 417. The molecule has 0 radical (unpaired) electrons. The molecule has 1 amide bonds. The molecule has 6 nitrogen and oxygen atoms in total. The molecule has 0 saturated heterocycles. The molecule has 0 aliphatic rings. The Labute approximate surface area is 105 Å². The highest BCUT2D eigenvalue weighted by atomic mass is 16.4. The fourth-order valence-corrected chi connectivity index (χ4v) is 1.49. The summed E-state index contributed by atoms with van der Waals surface area (Å²) in [6.45, 7) is 2.86. The molecule has 0 aliphatic heterocycles. The van der Waals surface area contributed by atoms with Crippen molar-refractivity contribution in [3.8, 4) is 0 Å². The van der Waals surface area contributed by atoms with Crippen molar-refractivity contribution in [3.05, 3.63) is 29.6 Å². The largest absolute Gasteiger partial charge is 0.477 e. The first-order valence-corrected chi connectivity index (χ1v) is 5.69. The summed E-state index contributed by atoms with van der Waals surface area (Å²) in [6.07, 6.45) is 1.77. The van der Waals surface area contributed by atoms with E-state index in [-0.39, 0.29) is 18.2 Å². The van der Waals surface area contributed by atoms with E-state index in [4.69, 9.17) is 10.2 Å². The van der Waals surface area contributed by atoms with Gasteiger partial charge in [-0.05, 0) is 25.5 Å². The van der Waals surface area contributed by atoms with E-state index in [1.54, 1.807) is 4.90 Å². The zero-order chi connectivity index (χ0) is 13.5. The van der Waals surface area contributed by atoms with E-state index >= 15 is 0 Å². The van der Waals surface area contributed by atoms with Crippen LogP contribution in [0.3, 0.4) is 0 Å². The highest BCUT2D eigenvalue weighted by Gasteiger charge is 2.14. The van der Waals surface area contributed by atoms with E-state index in [2.05, 4.69) is 4.98 Å². The van der Waals surface area contributed by atoms with Gasteiger partial charge in [-0.2, -0.15) is 0 Å². The van der Waals surface area contributed by atoms with Crippen LogP contribution in [0.2, 0.25) is 0 Å². The highest BCUT2D eigenvalue weighted by Crippen LogP contribution is 2.06. The van der Waals surface area contributed by atoms with Gasteiger partial charge in [-0.15, -0.1) is 0 Å². The molecule has 0 aliphatic carbocycles. The molecule has 0 fully saturated rings. The van der Waals surface area contributed by atoms with Crippen molar-refractivity contribution >= 4 is 11.9 Å². The third-order valence-electron chi connectivity index (χ3n) is 2.48. The summed E-state index contributed by atoms with van der Waals surface area (Å²) in [5, 5.41) is 17.4. The van der Waals surface area contributed by atoms with Gasteiger partial charge in [0, 0.05) is 25.9 Å². The van der Waals surface area contributed by atoms with Crippen LogP contribution in [0.15, 0.2) is 18.3 Å². The first-order valence-electron chi connectivity index (χ1n) is 5.69. The maximum atomic E-state index is 12.0. The number of pyridine rings is 1. The topological polar surface area (TPSA) is 90.7 Å². The van der Waals surface area contributed by atoms with Crippen LogP contribution in [0.25, 0.3) is 0 Å². The Balaban J connectivity index is 2.78. The highest BCUT2D eigenvalue weighted by molar-refractivity contribution is 5.94. The average molecular weight is 252 g/mol. The molecule has 1 aromatic heterocycles. The van der Waals surface area contributed by atoms with Gasteiger partial charge >= 0.3 is 5.97 Å². The molecular formula is C12H16N2O4. The van der Waals surface area contributed by atoms with Gasteiger partial charge in [-0.25, -0.2) is 9.78 Å². The summed E-state index contributed by atoms with van der Waals surface area (Å²) in [4.78, 5) is 27.9. The Morgan fingerprint density at radius 3 is 2.56 bits per heavy atom.